The lowest BCUT2D eigenvalue weighted by atomic mass is 10.2. The number of carbonyl (C=O) groups excluding carboxylic acids is 1. The van der Waals surface area contributed by atoms with E-state index in [9.17, 15) is 14.7 Å². The van der Waals surface area contributed by atoms with Gasteiger partial charge in [0.15, 0.2) is 5.11 Å². The molecule has 1 amide bonds. The third-order valence-electron chi connectivity index (χ3n) is 3.32. The number of benzene rings is 2. The largest absolute Gasteiger partial charge is 0.494 e. The monoisotopic (exact) mass is 426 g/mol. The molecule has 0 aliphatic heterocycles. The summed E-state index contributed by atoms with van der Waals surface area (Å²) in [6.07, 6.45) is 0.845. The van der Waals surface area contributed by atoms with E-state index in [0.29, 0.717) is 17.9 Å². The molecule has 0 aliphatic rings. The highest BCUT2D eigenvalue weighted by Gasteiger charge is 2.17. The van der Waals surface area contributed by atoms with Crippen LogP contribution in [-0.4, -0.2) is 28.7 Å². The molecule has 3 N–H and O–H groups in total. The summed E-state index contributed by atoms with van der Waals surface area (Å²) in [7, 11) is 0. The van der Waals surface area contributed by atoms with Crippen LogP contribution in [0.15, 0.2) is 36.4 Å². The van der Waals surface area contributed by atoms with E-state index in [0.717, 1.165) is 6.42 Å². The zero-order chi connectivity index (χ0) is 20.0. The number of hydrogen-bond donors (Lipinski definition) is 3. The Morgan fingerprint density at radius 3 is 2.63 bits per heavy atom. The number of anilines is 1. The lowest BCUT2D eigenvalue weighted by Crippen LogP contribution is -2.34. The maximum absolute atomic E-state index is 12.4. The highest BCUT2D eigenvalue weighted by molar-refractivity contribution is 7.80. The van der Waals surface area contributed by atoms with Crippen molar-refractivity contribution in [1.29, 1.82) is 0 Å². The van der Waals surface area contributed by atoms with Gasteiger partial charge in [0.1, 0.15) is 5.75 Å². The Morgan fingerprint density at radius 1 is 1.22 bits per heavy atom. The number of ether oxygens (including phenoxy) is 1. The van der Waals surface area contributed by atoms with E-state index in [1.165, 1.54) is 12.1 Å². The van der Waals surface area contributed by atoms with E-state index in [2.05, 4.69) is 10.6 Å². The van der Waals surface area contributed by atoms with Crippen molar-refractivity contribution >= 4 is 58.1 Å². The minimum atomic E-state index is -1.24. The Bertz CT molecular complexity index is 890. The van der Waals surface area contributed by atoms with Crippen LogP contribution < -0.4 is 15.4 Å². The Balaban J connectivity index is 2.12. The number of carboxylic acid groups (broad SMARTS) is 1. The maximum Gasteiger partial charge on any atom is 0.337 e. The van der Waals surface area contributed by atoms with Gasteiger partial charge in [0.25, 0.3) is 5.91 Å². The Morgan fingerprint density at radius 2 is 1.96 bits per heavy atom. The van der Waals surface area contributed by atoms with Gasteiger partial charge >= 0.3 is 5.97 Å². The first-order valence-corrected chi connectivity index (χ1v) is 9.05. The predicted molar refractivity (Wildman–Crippen MR) is 109 cm³/mol. The van der Waals surface area contributed by atoms with Crippen molar-refractivity contribution in [3.63, 3.8) is 0 Å². The smallest absolute Gasteiger partial charge is 0.337 e. The zero-order valence-electron chi connectivity index (χ0n) is 14.2. The van der Waals surface area contributed by atoms with Crippen LogP contribution in [0.2, 0.25) is 10.0 Å². The second-order valence-electron chi connectivity index (χ2n) is 5.40. The van der Waals surface area contributed by atoms with Crippen LogP contribution in [0.25, 0.3) is 0 Å². The molecule has 0 saturated heterocycles. The molecule has 0 unspecified atom stereocenters. The summed E-state index contributed by atoms with van der Waals surface area (Å²) in [5, 5.41) is 14.5. The summed E-state index contributed by atoms with van der Waals surface area (Å²) in [6.45, 7) is 2.52. The minimum Gasteiger partial charge on any atom is -0.494 e. The first-order chi connectivity index (χ1) is 12.8. The van der Waals surface area contributed by atoms with Crippen molar-refractivity contribution in [1.82, 2.24) is 5.32 Å². The third-order valence-corrected chi connectivity index (χ3v) is 4.04. The molecule has 2 aromatic rings. The molecule has 0 spiro atoms. The molecule has 9 heteroatoms. The topological polar surface area (TPSA) is 87.7 Å². The van der Waals surface area contributed by atoms with Crippen molar-refractivity contribution in [2.75, 3.05) is 11.9 Å². The molecular formula is C18H16Cl2N2O4S. The van der Waals surface area contributed by atoms with Crippen molar-refractivity contribution in [2.24, 2.45) is 0 Å². The summed E-state index contributed by atoms with van der Waals surface area (Å²) in [5.41, 5.74) is 0.214. The number of halogens is 2. The summed E-state index contributed by atoms with van der Waals surface area (Å²) >= 11 is 17.0. The summed E-state index contributed by atoms with van der Waals surface area (Å²) < 4.78 is 5.49. The highest BCUT2D eigenvalue weighted by atomic mass is 35.5. The summed E-state index contributed by atoms with van der Waals surface area (Å²) in [5.74, 6) is -1.15. The standard InChI is InChI=1S/C18H16Cl2N2O4S/c1-2-6-26-12-5-3-4-10(7-12)16(23)22-18(27)21-15-13(17(24)25)8-11(19)9-14(15)20/h3-5,7-9H,2,6H2,1H3,(H,24,25)(H2,21,22,23,27). The number of hydrogen-bond acceptors (Lipinski definition) is 4. The zero-order valence-corrected chi connectivity index (χ0v) is 16.5. The normalized spacial score (nSPS) is 10.2. The fourth-order valence-corrected chi connectivity index (χ4v) is 2.87. The SMILES string of the molecule is CCCOc1cccc(C(=O)NC(=S)Nc2c(Cl)cc(Cl)cc2C(=O)O)c1. The van der Waals surface area contributed by atoms with Gasteiger partial charge in [-0.25, -0.2) is 4.79 Å². The predicted octanol–water partition coefficient (Wildman–Crippen LogP) is 4.61. The fraction of sp³-hybridized carbons (Fsp3) is 0.167. The average molecular weight is 427 g/mol. The average Bonchev–Trinajstić information content (AvgIpc) is 2.62. The Labute approximate surface area is 171 Å². The van der Waals surface area contributed by atoms with Crippen LogP contribution >= 0.6 is 35.4 Å². The molecule has 0 heterocycles. The third kappa shape index (κ3) is 5.82. The molecule has 0 fully saturated rings. The van der Waals surface area contributed by atoms with Crippen molar-refractivity contribution in [3.05, 3.63) is 57.6 Å². The minimum absolute atomic E-state index is 0.0406. The van der Waals surface area contributed by atoms with Crippen LogP contribution in [0.3, 0.4) is 0 Å². The fourth-order valence-electron chi connectivity index (χ4n) is 2.14. The van der Waals surface area contributed by atoms with E-state index in [4.69, 9.17) is 40.2 Å². The van der Waals surface area contributed by atoms with E-state index < -0.39 is 11.9 Å². The van der Waals surface area contributed by atoms with E-state index in [1.807, 2.05) is 6.92 Å². The quantitative estimate of drug-likeness (QED) is 0.584. The number of nitrogens with one attached hydrogen (secondary N) is 2. The molecule has 0 atom stereocenters. The van der Waals surface area contributed by atoms with Crippen molar-refractivity contribution in [3.8, 4) is 5.75 Å². The van der Waals surface area contributed by atoms with E-state index in [1.54, 1.807) is 24.3 Å². The van der Waals surface area contributed by atoms with E-state index in [-0.39, 0.29) is 26.4 Å². The first kappa shape index (κ1) is 21.0. The lowest BCUT2D eigenvalue weighted by Gasteiger charge is -2.14. The number of carbonyl (C=O) groups is 2. The Kier molecular flexibility index (Phi) is 7.41. The molecule has 0 radical (unpaired) electrons. The van der Waals surface area contributed by atoms with Gasteiger partial charge in [0.05, 0.1) is 22.9 Å². The number of thiocarbonyl (C=S) groups is 1. The van der Waals surface area contributed by atoms with Gasteiger partial charge < -0.3 is 15.2 Å². The highest BCUT2D eigenvalue weighted by Crippen LogP contribution is 2.30. The summed E-state index contributed by atoms with van der Waals surface area (Å²) in [6, 6.07) is 9.23. The van der Waals surface area contributed by atoms with Crippen LogP contribution in [0, 0.1) is 0 Å². The second-order valence-corrected chi connectivity index (χ2v) is 6.65. The number of amides is 1. The number of rotatable bonds is 6. The van der Waals surface area contributed by atoms with Gasteiger partial charge in [-0.3, -0.25) is 10.1 Å². The summed E-state index contributed by atoms with van der Waals surface area (Å²) in [4.78, 5) is 23.7. The molecule has 6 nitrogen and oxygen atoms in total. The molecule has 142 valence electrons. The van der Waals surface area contributed by atoms with Crippen LogP contribution in [0.4, 0.5) is 5.69 Å². The molecule has 0 saturated carbocycles. The number of carboxylic acids is 1. The maximum atomic E-state index is 12.4. The molecule has 0 aliphatic carbocycles. The molecule has 27 heavy (non-hydrogen) atoms. The molecule has 0 bridgehead atoms. The molecule has 0 aromatic heterocycles. The first-order valence-electron chi connectivity index (χ1n) is 7.89. The van der Waals surface area contributed by atoms with E-state index >= 15 is 0 Å². The van der Waals surface area contributed by atoms with Crippen molar-refractivity contribution < 1.29 is 19.4 Å². The molecule has 2 rings (SSSR count). The Hall–Kier alpha value is -2.35. The van der Waals surface area contributed by atoms with Crippen molar-refractivity contribution in [2.45, 2.75) is 13.3 Å². The van der Waals surface area contributed by atoms with Gasteiger partial charge in [-0.15, -0.1) is 0 Å². The van der Waals surface area contributed by atoms with Gasteiger partial charge in [-0.1, -0.05) is 36.2 Å². The molecular weight excluding hydrogens is 411 g/mol. The van der Waals surface area contributed by atoms with Crippen LogP contribution in [-0.2, 0) is 0 Å². The number of aromatic carboxylic acids is 1. The second kappa shape index (κ2) is 9.55. The van der Waals surface area contributed by atoms with Gasteiger partial charge in [0, 0.05) is 10.6 Å². The molecule has 2 aromatic carbocycles. The van der Waals surface area contributed by atoms with Crippen LogP contribution in [0.5, 0.6) is 5.75 Å². The van der Waals surface area contributed by atoms with Gasteiger partial charge in [-0.2, -0.15) is 0 Å². The van der Waals surface area contributed by atoms with Gasteiger partial charge in [0.2, 0.25) is 0 Å². The van der Waals surface area contributed by atoms with Crippen LogP contribution in [0.1, 0.15) is 34.1 Å². The lowest BCUT2D eigenvalue weighted by molar-refractivity contribution is 0.0697. The van der Waals surface area contributed by atoms with Gasteiger partial charge in [-0.05, 0) is 49.0 Å².